The Bertz CT molecular complexity index is 1060. The monoisotopic (exact) mass is 445 g/mol. The highest BCUT2D eigenvalue weighted by Gasteiger charge is 2.17. The standard InChI is InChI=1S/C20H20ClN5O5/c1-29-17-8-13(7-16(21)19(17)31-10-18(22)27)20(28)25-14-3-2-4-15(9-14)30-6-5-26-12-23-11-24-26/h2-4,7-9,11-12H,5-6,10H2,1H3,(H2,22,27)(H,25,28). The number of nitrogens with one attached hydrogen (secondary N) is 1. The summed E-state index contributed by atoms with van der Waals surface area (Å²) in [7, 11) is 1.39. The van der Waals surface area contributed by atoms with Crippen LogP contribution in [0.1, 0.15) is 10.4 Å². The molecule has 3 aromatic rings. The number of methoxy groups -OCH3 is 1. The lowest BCUT2D eigenvalue weighted by molar-refractivity contribution is -0.119. The minimum atomic E-state index is -0.664. The SMILES string of the molecule is COc1cc(C(=O)Nc2cccc(OCCn3cncn3)c2)cc(Cl)c1OCC(N)=O. The summed E-state index contributed by atoms with van der Waals surface area (Å²) in [5.74, 6) is -0.167. The number of carbonyl (C=O) groups is 2. The predicted molar refractivity (Wildman–Crippen MR) is 113 cm³/mol. The molecule has 2 amide bonds. The van der Waals surface area contributed by atoms with Crippen molar-refractivity contribution in [3.05, 3.63) is 59.6 Å². The maximum atomic E-state index is 12.7. The van der Waals surface area contributed by atoms with E-state index in [0.717, 1.165) is 0 Å². The first kappa shape index (κ1) is 21.9. The molecule has 0 radical (unpaired) electrons. The van der Waals surface area contributed by atoms with E-state index < -0.39 is 11.8 Å². The Morgan fingerprint density at radius 2 is 2.06 bits per heavy atom. The molecule has 0 aliphatic rings. The van der Waals surface area contributed by atoms with Crippen molar-refractivity contribution in [3.63, 3.8) is 0 Å². The van der Waals surface area contributed by atoms with Crippen molar-refractivity contribution in [1.82, 2.24) is 14.8 Å². The molecule has 0 saturated carbocycles. The van der Waals surface area contributed by atoms with Crippen LogP contribution in [0.3, 0.4) is 0 Å². The van der Waals surface area contributed by atoms with E-state index in [-0.39, 0.29) is 28.7 Å². The number of amides is 2. The molecule has 31 heavy (non-hydrogen) atoms. The minimum Gasteiger partial charge on any atom is -0.493 e. The summed E-state index contributed by atoms with van der Waals surface area (Å²) in [6.45, 7) is 0.560. The van der Waals surface area contributed by atoms with Crippen molar-refractivity contribution in [1.29, 1.82) is 0 Å². The van der Waals surface area contributed by atoms with Crippen LogP contribution in [-0.4, -0.2) is 46.9 Å². The van der Waals surface area contributed by atoms with Gasteiger partial charge in [-0.2, -0.15) is 5.10 Å². The van der Waals surface area contributed by atoms with Crippen molar-refractivity contribution in [2.45, 2.75) is 6.54 Å². The van der Waals surface area contributed by atoms with Gasteiger partial charge in [-0.3, -0.25) is 9.59 Å². The largest absolute Gasteiger partial charge is 0.493 e. The molecule has 10 nitrogen and oxygen atoms in total. The number of nitrogens with zero attached hydrogens (tertiary/aromatic N) is 3. The van der Waals surface area contributed by atoms with Gasteiger partial charge in [-0.15, -0.1) is 0 Å². The molecule has 1 aromatic heterocycles. The van der Waals surface area contributed by atoms with Gasteiger partial charge in [-0.25, -0.2) is 9.67 Å². The summed E-state index contributed by atoms with van der Waals surface area (Å²) in [6, 6.07) is 9.83. The topological polar surface area (TPSA) is 131 Å². The van der Waals surface area contributed by atoms with Crippen LogP contribution in [0.5, 0.6) is 17.2 Å². The summed E-state index contributed by atoms with van der Waals surface area (Å²) < 4.78 is 17.8. The number of nitrogens with two attached hydrogens (primary N) is 1. The predicted octanol–water partition coefficient (Wildman–Crippen LogP) is 2.14. The maximum absolute atomic E-state index is 12.7. The normalized spacial score (nSPS) is 10.4. The van der Waals surface area contributed by atoms with Crippen LogP contribution in [0.4, 0.5) is 5.69 Å². The fourth-order valence-electron chi connectivity index (χ4n) is 2.61. The van der Waals surface area contributed by atoms with E-state index in [9.17, 15) is 9.59 Å². The zero-order chi connectivity index (χ0) is 22.2. The van der Waals surface area contributed by atoms with E-state index in [1.807, 2.05) is 0 Å². The van der Waals surface area contributed by atoms with Crippen molar-refractivity contribution >= 4 is 29.1 Å². The highest BCUT2D eigenvalue weighted by Crippen LogP contribution is 2.36. The molecule has 0 saturated heterocycles. The van der Waals surface area contributed by atoms with E-state index in [0.29, 0.717) is 24.6 Å². The fourth-order valence-corrected chi connectivity index (χ4v) is 2.87. The summed E-state index contributed by atoms with van der Waals surface area (Å²) in [5, 5.41) is 6.88. The lowest BCUT2D eigenvalue weighted by atomic mass is 10.1. The lowest BCUT2D eigenvalue weighted by Crippen LogP contribution is -2.20. The number of carbonyl (C=O) groups excluding carboxylic acids is 2. The molecular weight excluding hydrogens is 426 g/mol. The Hall–Kier alpha value is -3.79. The number of hydrogen-bond donors (Lipinski definition) is 2. The number of anilines is 1. The van der Waals surface area contributed by atoms with Gasteiger partial charge in [0.15, 0.2) is 18.1 Å². The molecule has 0 atom stereocenters. The molecule has 11 heteroatoms. The molecule has 0 fully saturated rings. The molecule has 0 aliphatic heterocycles. The molecular formula is C20H20ClN5O5. The quantitative estimate of drug-likeness (QED) is 0.488. The van der Waals surface area contributed by atoms with E-state index in [2.05, 4.69) is 15.4 Å². The average molecular weight is 446 g/mol. The van der Waals surface area contributed by atoms with Gasteiger partial charge in [0.1, 0.15) is 25.0 Å². The second-order valence-corrected chi connectivity index (χ2v) is 6.64. The van der Waals surface area contributed by atoms with Gasteiger partial charge in [-0.05, 0) is 24.3 Å². The van der Waals surface area contributed by atoms with Crippen LogP contribution in [-0.2, 0) is 11.3 Å². The van der Waals surface area contributed by atoms with Crippen molar-refractivity contribution in [2.24, 2.45) is 5.73 Å². The smallest absolute Gasteiger partial charge is 0.255 e. The number of hydrogen-bond acceptors (Lipinski definition) is 7. The minimum absolute atomic E-state index is 0.107. The van der Waals surface area contributed by atoms with E-state index in [1.54, 1.807) is 35.3 Å². The number of primary amides is 1. The van der Waals surface area contributed by atoms with Gasteiger partial charge < -0.3 is 25.3 Å². The molecule has 3 N–H and O–H groups in total. The molecule has 3 rings (SSSR count). The van der Waals surface area contributed by atoms with Crippen LogP contribution in [0.25, 0.3) is 0 Å². The third kappa shape index (κ3) is 6.09. The van der Waals surface area contributed by atoms with Gasteiger partial charge in [0.2, 0.25) is 0 Å². The van der Waals surface area contributed by atoms with Gasteiger partial charge in [0.05, 0.1) is 18.7 Å². The number of aromatic nitrogens is 3. The second kappa shape index (κ2) is 10.3. The highest BCUT2D eigenvalue weighted by atomic mass is 35.5. The second-order valence-electron chi connectivity index (χ2n) is 6.23. The van der Waals surface area contributed by atoms with Crippen LogP contribution in [0.15, 0.2) is 49.1 Å². The molecule has 1 heterocycles. The van der Waals surface area contributed by atoms with E-state index >= 15 is 0 Å². The first-order valence-electron chi connectivity index (χ1n) is 9.11. The molecule has 0 bridgehead atoms. The van der Waals surface area contributed by atoms with Gasteiger partial charge in [0.25, 0.3) is 11.8 Å². The van der Waals surface area contributed by atoms with Gasteiger partial charge >= 0.3 is 0 Å². The van der Waals surface area contributed by atoms with Crippen molar-refractivity contribution < 1.29 is 23.8 Å². The first-order valence-corrected chi connectivity index (χ1v) is 9.49. The number of rotatable bonds is 10. The van der Waals surface area contributed by atoms with Crippen molar-refractivity contribution in [2.75, 3.05) is 25.6 Å². The lowest BCUT2D eigenvalue weighted by Gasteiger charge is -2.14. The molecule has 162 valence electrons. The third-order valence-electron chi connectivity index (χ3n) is 4.00. The Kier molecular flexibility index (Phi) is 7.28. The average Bonchev–Trinajstić information content (AvgIpc) is 3.26. The Labute approximate surface area is 182 Å². The third-order valence-corrected chi connectivity index (χ3v) is 4.28. The zero-order valence-corrected chi connectivity index (χ0v) is 17.3. The Balaban J connectivity index is 1.66. The maximum Gasteiger partial charge on any atom is 0.255 e. The fraction of sp³-hybridized carbons (Fsp3) is 0.200. The molecule has 2 aromatic carbocycles. The number of benzene rings is 2. The van der Waals surface area contributed by atoms with Gasteiger partial charge in [-0.1, -0.05) is 17.7 Å². The summed E-state index contributed by atoms with van der Waals surface area (Å²) in [6.07, 6.45) is 3.05. The summed E-state index contributed by atoms with van der Waals surface area (Å²) in [5.41, 5.74) is 5.86. The summed E-state index contributed by atoms with van der Waals surface area (Å²) >= 11 is 6.20. The van der Waals surface area contributed by atoms with E-state index in [1.165, 1.54) is 25.6 Å². The summed E-state index contributed by atoms with van der Waals surface area (Å²) in [4.78, 5) is 27.5. The van der Waals surface area contributed by atoms with Crippen LogP contribution < -0.4 is 25.3 Å². The Morgan fingerprint density at radius 1 is 1.23 bits per heavy atom. The highest BCUT2D eigenvalue weighted by molar-refractivity contribution is 6.32. The van der Waals surface area contributed by atoms with Crippen LogP contribution >= 0.6 is 11.6 Å². The van der Waals surface area contributed by atoms with Gasteiger partial charge in [0, 0.05) is 17.3 Å². The molecule has 0 spiro atoms. The van der Waals surface area contributed by atoms with Crippen LogP contribution in [0.2, 0.25) is 5.02 Å². The van der Waals surface area contributed by atoms with Crippen LogP contribution in [0, 0.1) is 0 Å². The Morgan fingerprint density at radius 3 is 2.77 bits per heavy atom. The first-order chi connectivity index (χ1) is 15.0. The number of ether oxygens (including phenoxy) is 3. The van der Waals surface area contributed by atoms with Crippen molar-refractivity contribution in [3.8, 4) is 17.2 Å². The molecule has 0 aliphatic carbocycles. The van der Waals surface area contributed by atoms with E-state index in [4.69, 9.17) is 31.5 Å². The molecule has 0 unspecified atom stereocenters. The number of halogens is 1. The zero-order valence-electron chi connectivity index (χ0n) is 16.6.